The number of benzene rings is 1. The van der Waals surface area contributed by atoms with E-state index < -0.39 is 35.5 Å². The first kappa shape index (κ1) is 21.0. The Balaban J connectivity index is 2.89. The van der Waals surface area contributed by atoms with Crippen molar-refractivity contribution in [1.82, 2.24) is 4.98 Å². The van der Waals surface area contributed by atoms with Crippen molar-refractivity contribution in [2.24, 2.45) is 0 Å². The first-order valence-electron chi connectivity index (χ1n) is 8.69. The second-order valence-corrected chi connectivity index (χ2v) is 5.80. The molecule has 2 rings (SSSR count). The van der Waals surface area contributed by atoms with Gasteiger partial charge in [-0.05, 0) is 38.5 Å². The third-order valence-electron chi connectivity index (χ3n) is 3.92. The predicted octanol–water partition coefficient (Wildman–Crippen LogP) is 2.67. The lowest BCUT2D eigenvalue weighted by Crippen LogP contribution is -2.27. The van der Waals surface area contributed by atoms with Gasteiger partial charge in [-0.25, -0.2) is 9.18 Å². The van der Waals surface area contributed by atoms with Gasteiger partial charge in [0.05, 0.1) is 36.5 Å². The molecule has 0 saturated heterocycles. The highest BCUT2D eigenvalue weighted by molar-refractivity contribution is 6.04. The minimum atomic E-state index is -0.890. The lowest BCUT2D eigenvalue weighted by molar-refractivity contribution is -0.142. The van der Waals surface area contributed by atoms with Gasteiger partial charge in [0.15, 0.2) is 5.78 Å². The molecule has 0 aliphatic heterocycles. The number of carbonyl (C=O) groups is 3. The van der Waals surface area contributed by atoms with Crippen LogP contribution < -0.4 is 5.56 Å². The summed E-state index contributed by atoms with van der Waals surface area (Å²) in [6, 6.07) is 5.50. The van der Waals surface area contributed by atoms with E-state index in [1.807, 2.05) is 0 Å². The Labute approximate surface area is 160 Å². The smallest absolute Gasteiger partial charge is 0.340 e. The number of pyridine rings is 1. The number of halogens is 1. The highest BCUT2D eigenvalue weighted by Crippen LogP contribution is 2.28. The molecule has 28 heavy (non-hydrogen) atoms. The van der Waals surface area contributed by atoms with Crippen molar-refractivity contribution in [2.45, 2.75) is 27.2 Å². The van der Waals surface area contributed by atoms with E-state index in [2.05, 4.69) is 4.98 Å². The molecule has 0 bridgehead atoms. The Kier molecular flexibility index (Phi) is 6.81. The Morgan fingerprint density at radius 3 is 2.25 bits per heavy atom. The second-order valence-electron chi connectivity index (χ2n) is 5.80. The molecule has 0 radical (unpaired) electrons. The fourth-order valence-electron chi connectivity index (χ4n) is 2.85. The summed E-state index contributed by atoms with van der Waals surface area (Å²) in [5.74, 6) is -2.97. The molecule has 0 aliphatic carbocycles. The SMILES string of the molecule is CCOC(=O)Cc1c(C(=O)OCC)c(-c2ccccc2F)[nH]c(=O)c1C(C)=O. The van der Waals surface area contributed by atoms with Gasteiger partial charge in [0.25, 0.3) is 5.56 Å². The highest BCUT2D eigenvalue weighted by Gasteiger charge is 2.29. The van der Waals surface area contributed by atoms with E-state index >= 15 is 0 Å². The van der Waals surface area contributed by atoms with Gasteiger partial charge in [0.2, 0.25) is 0 Å². The molecule has 0 amide bonds. The molecule has 0 saturated carbocycles. The van der Waals surface area contributed by atoms with Crippen LogP contribution in [0.15, 0.2) is 29.1 Å². The van der Waals surface area contributed by atoms with E-state index in [-0.39, 0.29) is 41.2 Å². The molecule has 7 nitrogen and oxygen atoms in total. The lowest BCUT2D eigenvalue weighted by atomic mass is 9.93. The van der Waals surface area contributed by atoms with Crippen LogP contribution in [0.25, 0.3) is 11.3 Å². The topological polar surface area (TPSA) is 103 Å². The molecular formula is C20H20FNO6. The number of H-pyrrole nitrogens is 1. The minimum Gasteiger partial charge on any atom is -0.466 e. The van der Waals surface area contributed by atoms with E-state index in [0.29, 0.717) is 0 Å². The zero-order valence-corrected chi connectivity index (χ0v) is 15.8. The van der Waals surface area contributed by atoms with Crippen molar-refractivity contribution < 1.29 is 28.2 Å². The Morgan fingerprint density at radius 2 is 1.68 bits per heavy atom. The first-order chi connectivity index (χ1) is 13.3. The number of ketones is 1. The average molecular weight is 389 g/mol. The predicted molar refractivity (Wildman–Crippen MR) is 98.8 cm³/mol. The van der Waals surface area contributed by atoms with Gasteiger partial charge in [-0.1, -0.05) is 12.1 Å². The van der Waals surface area contributed by atoms with E-state index in [0.717, 1.165) is 13.0 Å². The first-order valence-corrected chi connectivity index (χ1v) is 8.69. The third-order valence-corrected chi connectivity index (χ3v) is 3.92. The van der Waals surface area contributed by atoms with E-state index in [1.54, 1.807) is 13.8 Å². The number of aromatic nitrogens is 1. The molecular weight excluding hydrogens is 369 g/mol. The largest absolute Gasteiger partial charge is 0.466 e. The third kappa shape index (κ3) is 4.33. The fourth-order valence-corrected chi connectivity index (χ4v) is 2.85. The number of hydrogen-bond acceptors (Lipinski definition) is 6. The van der Waals surface area contributed by atoms with Crippen molar-refractivity contribution in [3.05, 3.63) is 57.1 Å². The van der Waals surface area contributed by atoms with E-state index in [4.69, 9.17) is 9.47 Å². The minimum absolute atomic E-state index is 0.00290. The van der Waals surface area contributed by atoms with Crippen LogP contribution in [0.2, 0.25) is 0 Å². The summed E-state index contributed by atoms with van der Waals surface area (Å²) in [4.78, 5) is 51.8. The van der Waals surface area contributed by atoms with Crippen molar-refractivity contribution in [3.8, 4) is 11.3 Å². The Morgan fingerprint density at radius 1 is 1.04 bits per heavy atom. The lowest BCUT2D eigenvalue weighted by Gasteiger charge is -2.16. The summed E-state index contributed by atoms with van der Waals surface area (Å²) in [6.45, 7) is 4.38. The van der Waals surface area contributed by atoms with Gasteiger partial charge in [-0.2, -0.15) is 0 Å². The number of esters is 2. The van der Waals surface area contributed by atoms with Crippen LogP contribution >= 0.6 is 0 Å². The van der Waals surface area contributed by atoms with Crippen molar-refractivity contribution in [2.75, 3.05) is 13.2 Å². The van der Waals surface area contributed by atoms with Crippen LogP contribution in [0.5, 0.6) is 0 Å². The normalized spacial score (nSPS) is 10.4. The molecule has 2 aromatic rings. The molecule has 1 aromatic heterocycles. The van der Waals surface area contributed by atoms with Crippen LogP contribution in [0, 0.1) is 5.82 Å². The van der Waals surface area contributed by atoms with Crippen LogP contribution in [0.1, 0.15) is 47.1 Å². The van der Waals surface area contributed by atoms with Crippen LogP contribution in [-0.2, 0) is 20.7 Å². The molecule has 1 N–H and O–H groups in total. The van der Waals surface area contributed by atoms with Crippen molar-refractivity contribution in [3.63, 3.8) is 0 Å². The zero-order chi connectivity index (χ0) is 20.8. The monoisotopic (exact) mass is 389 g/mol. The van der Waals surface area contributed by atoms with Gasteiger partial charge in [0.1, 0.15) is 5.82 Å². The maximum absolute atomic E-state index is 14.4. The highest BCUT2D eigenvalue weighted by atomic mass is 19.1. The molecule has 0 atom stereocenters. The standard InChI is InChI=1S/C20H20FNO6/c1-4-27-15(24)10-13-16(11(3)23)19(25)22-18(17(13)20(26)28-5-2)12-8-6-7-9-14(12)21/h6-9H,4-5,10H2,1-3H3,(H,22,25). The van der Waals surface area contributed by atoms with Gasteiger partial charge < -0.3 is 14.5 Å². The summed E-state index contributed by atoms with van der Waals surface area (Å²) in [7, 11) is 0. The fraction of sp³-hybridized carbons (Fsp3) is 0.300. The van der Waals surface area contributed by atoms with Crippen LogP contribution in [0.3, 0.4) is 0 Å². The van der Waals surface area contributed by atoms with E-state index in [9.17, 15) is 23.6 Å². The average Bonchev–Trinajstić information content (AvgIpc) is 2.61. The number of nitrogens with one attached hydrogen (secondary N) is 1. The van der Waals surface area contributed by atoms with Crippen molar-refractivity contribution in [1.29, 1.82) is 0 Å². The van der Waals surface area contributed by atoms with Gasteiger partial charge in [-0.15, -0.1) is 0 Å². The zero-order valence-electron chi connectivity index (χ0n) is 15.8. The maximum Gasteiger partial charge on any atom is 0.340 e. The molecule has 0 unspecified atom stereocenters. The van der Waals surface area contributed by atoms with Gasteiger partial charge >= 0.3 is 11.9 Å². The maximum atomic E-state index is 14.4. The number of aromatic amines is 1. The molecule has 0 fully saturated rings. The Bertz CT molecular complexity index is 979. The number of hydrogen-bond donors (Lipinski definition) is 1. The molecule has 8 heteroatoms. The molecule has 148 valence electrons. The second kappa shape index (κ2) is 9.07. The molecule has 0 aliphatic rings. The number of rotatable bonds is 7. The summed E-state index contributed by atoms with van der Waals surface area (Å²) in [6.07, 6.45) is -0.512. The van der Waals surface area contributed by atoms with Crippen LogP contribution in [-0.4, -0.2) is 35.9 Å². The molecule has 0 spiro atoms. The number of ether oxygens (including phenoxy) is 2. The summed E-state index contributed by atoms with van der Waals surface area (Å²) in [5, 5.41) is 0. The quantitative estimate of drug-likeness (QED) is 0.577. The number of Topliss-reactive ketones (excluding diaryl/α,β-unsaturated/α-hetero) is 1. The number of carbonyl (C=O) groups excluding carboxylic acids is 3. The Hall–Kier alpha value is -3.29. The van der Waals surface area contributed by atoms with Gasteiger partial charge in [-0.3, -0.25) is 14.4 Å². The van der Waals surface area contributed by atoms with E-state index in [1.165, 1.54) is 18.2 Å². The summed E-state index contributed by atoms with van der Waals surface area (Å²) < 4.78 is 24.3. The van der Waals surface area contributed by atoms with Crippen molar-refractivity contribution >= 4 is 17.7 Å². The molecule has 1 heterocycles. The van der Waals surface area contributed by atoms with Gasteiger partial charge in [0, 0.05) is 5.56 Å². The van der Waals surface area contributed by atoms with Crippen LogP contribution in [0.4, 0.5) is 4.39 Å². The summed E-state index contributed by atoms with van der Waals surface area (Å²) >= 11 is 0. The summed E-state index contributed by atoms with van der Waals surface area (Å²) in [5.41, 5.74) is -1.82. The molecule has 1 aromatic carbocycles.